The van der Waals surface area contributed by atoms with Gasteiger partial charge in [-0.15, -0.1) is 0 Å². The molecule has 31 heavy (non-hydrogen) atoms. The highest BCUT2D eigenvalue weighted by Crippen LogP contribution is 2.74. The zero-order valence-electron chi connectivity index (χ0n) is 18.9. The fourth-order valence-corrected chi connectivity index (χ4v) is 9.30. The van der Waals surface area contributed by atoms with Crippen LogP contribution in [0.3, 0.4) is 0 Å². The molecule has 168 valence electrons. The number of Topliss-reactive ketones (excluding diaryl/α,β-unsaturated/α-hetero) is 1. The van der Waals surface area contributed by atoms with Gasteiger partial charge in [-0.05, 0) is 68.1 Å². The van der Waals surface area contributed by atoms with E-state index in [1.54, 1.807) is 0 Å². The van der Waals surface area contributed by atoms with E-state index in [0.717, 1.165) is 38.5 Å². The summed E-state index contributed by atoms with van der Waals surface area (Å²) in [5.41, 5.74) is 0.0634. The third-order valence-electron chi connectivity index (χ3n) is 10.3. The molecule has 6 rings (SSSR count). The van der Waals surface area contributed by atoms with Crippen molar-refractivity contribution in [2.45, 2.75) is 66.2 Å². The van der Waals surface area contributed by atoms with Gasteiger partial charge < -0.3 is 5.11 Å². The Morgan fingerprint density at radius 1 is 1.16 bits per heavy atom. The van der Waals surface area contributed by atoms with Crippen molar-refractivity contribution in [1.82, 2.24) is 0 Å². The molecular weight excluding hydrogens is 412 g/mol. The molecule has 6 aliphatic carbocycles. The Morgan fingerprint density at radius 2 is 1.87 bits per heavy atom. The van der Waals surface area contributed by atoms with Crippen molar-refractivity contribution in [2.24, 2.45) is 51.8 Å². The van der Waals surface area contributed by atoms with Crippen molar-refractivity contribution in [2.75, 3.05) is 0 Å². The lowest BCUT2D eigenvalue weighted by atomic mass is 9.33. The van der Waals surface area contributed by atoms with Crippen LogP contribution in [0, 0.1) is 51.8 Å². The van der Waals surface area contributed by atoms with Crippen molar-refractivity contribution < 1.29 is 19.5 Å². The van der Waals surface area contributed by atoms with E-state index in [-0.39, 0.29) is 57.0 Å². The van der Waals surface area contributed by atoms with E-state index in [4.69, 9.17) is 11.6 Å². The second-order valence-electron chi connectivity index (χ2n) is 11.7. The molecule has 3 saturated carbocycles. The number of aliphatic carboxylic acids is 1. The topological polar surface area (TPSA) is 71.4 Å². The van der Waals surface area contributed by atoms with Crippen LogP contribution >= 0.6 is 11.6 Å². The molecule has 8 atom stereocenters. The summed E-state index contributed by atoms with van der Waals surface area (Å²) in [6.07, 6.45) is 8.80. The zero-order valence-corrected chi connectivity index (χ0v) is 19.7. The third-order valence-corrected chi connectivity index (χ3v) is 10.6. The van der Waals surface area contributed by atoms with Crippen LogP contribution in [-0.4, -0.2) is 22.6 Å². The molecule has 4 nitrogen and oxygen atoms in total. The van der Waals surface area contributed by atoms with Crippen LogP contribution < -0.4 is 0 Å². The van der Waals surface area contributed by atoms with Crippen LogP contribution in [0.5, 0.6) is 0 Å². The van der Waals surface area contributed by atoms with Gasteiger partial charge in [-0.3, -0.25) is 14.4 Å². The number of carbonyl (C=O) groups excluding carboxylic acids is 2. The van der Waals surface area contributed by atoms with E-state index < -0.39 is 11.4 Å². The molecule has 0 aromatic carbocycles. The minimum absolute atomic E-state index is 0.00923. The Balaban J connectivity index is 1.69. The van der Waals surface area contributed by atoms with Crippen LogP contribution in [0.25, 0.3) is 0 Å². The van der Waals surface area contributed by atoms with E-state index in [9.17, 15) is 19.5 Å². The summed E-state index contributed by atoms with van der Waals surface area (Å²) in [6.45, 7) is 8.58. The molecule has 0 radical (unpaired) electrons. The highest BCUT2D eigenvalue weighted by atomic mass is 35.5. The maximum atomic E-state index is 13.4. The number of halogens is 1. The number of fused-ring (bicyclic) bond motifs is 1. The van der Waals surface area contributed by atoms with E-state index >= 15 is 0 Å². The molecule has 5 heteroatoms. The summed E-state index contributed by atoms with van der Waals surface area (Å²) in [4.78, 5) is 39.0. The summed E-state index contributed by atoms with van der Waals surface area (Å²) in [5, 5.41) is 10.2. The quantitative estimate of drug-likeness (QED) is 0.578. The van der Waals surface area contributed by atoms with E-state index in [1.807, 2.05) is 6.92 Å². The highest BCUT2D eigenvalue weighted by molar-refractivity contribution is 6.45. The van der Waals surface area contributed by atoms with Gasteiger partial charge in [0.25, 0.3) is 0 Å². The lowest BCUT2D eigenvalue weighted by Crippen LogP contribution is -2.67. The van der Waals surface area contributed by atoms with Crippen molar-refractivity contribution in [3.63, 3.8) is 0 Å². The van der Waals surface area contributed by atoms with Crippen LogP contribution in [-0.2, 0) is 14.4 Å². The maximum absolute atomic E-state index is 13.4. The fraction of sp³-hybridized carbons (Fsp3) is 0.731. The lowest BCUT2D eigenvalue weighted by Gasteiger charge is -2.69. The lowest BCUT2D eigenvalue weighted by molar-refractivity contribution is -0.197. The van der Waals surface area contributed by atoms with Gasteiger partial charge in [0.2, 0.25) is 0 Å². The van der Waals surface area contributed by atoms with Crippen LogP contribution in [0.4, 0.5) is 0 Å². The van der Waals surface area contributed by atoms with Gasteiger partial charge in [0.15, 0.2) is 11.6 Å². The average Bonchev–Trinajstić information content (AvgIpc) is 2.70. The summed E-state index contributed by atoms with van der Waals surface area (Å²) < 4.78 is 0. The number of carboxylic acid groups (broad SMARTS) is 1. The average molecular weight is 445 g/mol. The van der Waals surface area contributed by atoms with Crippen LogP contribution in [0.2, 0.25) is 0 Å². The zero-order chi connectivity index (χ0) is 22.5. The van der Waals surface area contributed by atoms with Crippen molar-refractivity contribution in [3.05, 3.63) is 22.8 Å². The van der Waals surface area contributed by atoms with Crippen LogP contribution in [0.1, 0.15) is 66.2 Å². The molecule has 0 amide bonds. The Morgan fingerprint density at radius 3 is 2.52 bits per heavy atom. The number of hydrogen-bond donors (Lipinski definition) is 1. The van der Waals surface area contributed by atoms with Gasteiger partial charge >= 0.3 is 5.97 Å². The highest BCUT2D eigenvalue weighted by Gasteiger charge is 2.71. The Bertz CT molecular complexity index is 947. The summed E-state index contributed by atoms with van der Waals surface area (Å²) in [7, 11) is 0. The smallest absolute Gasteiger partial charge is 0.309 e. The first-order chi connectivity index (χ1) is 14.5. The van der Waals surface area contributed by atoms with E-state index in [2.05, 4.69) is 26.8 Å². The number of carboxylic acids is 1. The normalized spacial score (nSPS) is 48.5. The molecule has 1 N–H and O–H groups in total. The first-order valence-electron chi connectivity index (χ1n) is 11.9. The second kappa shape index (κ2) is 6.56. The maximum Gasteiger partial charge on any atom is 0.309 e. The second-order valence-corrected chi connectivity index (χ2v) is 12.1. The predicted molar refractivity (Wildman–Crippen MR) is 118 cm³/mol. The summed E-state index contributed by atoms with van der Waals surface area (Å²) in [5.74, 6) is -0.748. The summed E-state index contributed by atoms with van der Waals surface area (Å²) >= 11 is 6.30. The summed E-state index contributed by atoms with van der Waals surface area (Å²) in [6, 6.07) is 0. The van der Waals surface area contributed by atoms with Gasteiger partial charge in [-0.25, -0.2) is 0 Å². The molecule has 3 fully saturated rings. The molecule has 6 aliphatic rings. The molecule has 0 aliphatic heterocycles. The van der Waals surface area contributed by atoms with E-state index in [1.165, 1.54) is 11.6 Å². The molecule has 0 saturated heterocycles. The van der Waals surface area contributed by atoms with Gasteiger partial charge in [0, 0.05) is 23.3 Å². The number of ketones is 2. The number of allylic oxidation sites excluding steroid dienone is 4. The first-order valence-corrected chi connectivity index (χ1v) is 12.3. The SMILES string of the molecule is CC(C)C1=C[C@@]23CC[C@@H]4[C@](C)(CCC[C@@]4(C)C(=O)O)[C@H]2C[C@@H]1[C@H]1C(=O)C=C(Cl)C(=O)[C@H]13. The van der Waals surface area contributed by atoms with Gasteiger partial charge in [0.05, 0.1) is 10.4 Å². The van der Waals surface area contributed by atoms with Crippen molar-refractivity contribution in [1.29, 1.82) is 0 Å². The number of carbonyl (C=O) groups is 3. The largest absolute Gasteiger partial charge is 0.481 e. The van der Waals surface area contributed by atoms with Gasteiger partial charge in [-0.1, -0.05) is 50.4 Å². The molecule has 2 bridgehead atoms. The minimum Gasteiger partial charge on any atom is -0.481 e. The predicted octanol–water partition coefficient (Wildman–Crippen LogP) is 5.40. The van der Waals surface area contributed by atoms with E-state index in [0.29, 0.717) is 5.92 Å². The molecule has 0 aromatic rings. The molecule has 0 unspecified atom stereocenters. The standard InChI is InChI=1S/C26H33ClO4/c1-13(2)15-12-26-9-6-18-24(3,7-5-8-25(18,4)23(30)31)19(26)10-14(15)20-17(28)11-16(27)22(29)21(20)26/h11-14,18-21H,5-10H2,1-4H3,(H,30,31)/t14-,18+,19+,20-,21-,24-,25+,26-/m0/s1. The monoisotopic (exact) mass is 444 g/mol. The fourth-order valence-electron chi connectivity index (χ4n) is 9.07. The van der Waals surface area contributed by atoms with Gasteiger partial charge in [-0.2, -0.15) is 0 Å². The van der Waals surface area contributed by atoms with Crippen LogP contribution in [0.15, 0.2) is 22.8 Å². The minimum atomic E-state index is -0.723. The first kappa shape index (κ1) is 21.4. The van der Waals surface area contributed by atoms with Crippen molar-refractivity contribution >= 4 is 29.1 Å². The molecular formula is C26H33ClO4. The Labute approximate surface area is 189 Å². The number of hydrogen-bond acceptors (Lipinski definition) is 3. The Kier molecular flexibility index (Phi) is 4.53. The molecule has 1 spiro atoms. The van der Waals surface area contributed by atoms with Crippen molar-refractivity contribution in [3.8, 4) is 0 Å². The molecule has 0 aromatic heterocycles. The molecule has 0 heterocycles. The third kappa shape index (κ3) is 2.52. The Hall–Kier alpha value is -1.42. The van der Waals surface area contributed by atoms with Gasteiger partial charge in [0.1, 0.15) is 0 Å². The number of rotatable bonds is 2.